The van der Waals surface area contributed by atoms with Gasteiger partial charge in [0.2, 0.25) is 11.8 Å². The Labute approximate surface area is 170 Å². The van der Waals surface area contributed by atoms with E-state index in [2.05, 4.69) is 15.4 Å². The zero-order valence-corrected chi connectivity index (χ0v) is 15.8. The Kier molecular flexibility index (Phi) is 4.85. The van der Waals surface area contributed by atoms with Crippen molar-refractivity contribution < 1.29 is 23.9 Å². The normalized spacial score (nSPS) is 15.8. The van der Waals surface area contributed by atoms with Crippen LogP contribution < -0.4 is 10.3 Å². The van der Waals surface area contributed by atoms with Crippen LogP contribution in [-0.4, -0.2) is 33.6 Å². The molecule has 9 heteroatoms. The van der Waals surface area contributed by atoms with Crippen molar-refractivity contribution in [3.63, 3.8) is 0 Å². The minimum atomic E-state index is -1.12. The van der Waals surface area contributed by atoms with E-state index in [0.717, 1.165) is 5.01 Å². The first-order valence-corrected chi connectivity index (χ1v) is 8.97. The maximum atomic E-state index is 12.9. The number of benzene rings is 2. The van der Waals surface area contributed by atoms with Gasteiger partial charge in [-0.15, -0.1) is 0 Å². The van der Waals surface area contributed by atoms with E-state index in [1.165, 1.54) is 30.7 Å². The number of aromatic carboxylic acids is 1. The number of amides is 2. The number of hydrazone groups is 1. The van der Waals surface area contributed by atoms with Crippen LogP contribution in [0.1, 0.15) is 17.3 Å². The first-order chi connectivity index (χ1) is 14.4. The third kappa shape index (κ3) is 3.55. The molecular formula is C21H16N4O5. The van der Waals surface area contributed by atoms with E-state index in [1.807, 2.05) is 0 Å². The second-order valence-electron chi connectivity index (χ2n) is 6.59. The van der Waals surface area contributed by atoms with Gasteiger partial charge in [-0.3, -0.25) is 9.59 Å². The van der Waals surface area contributed by atoms with E-state index in [4.69, 9.17) is 9.52 Å². The maximum absolute atomic E-state index is 12.9. The molecule has 0 bridgehead atoms. The molecule has 0 spiro atoms. The summed E-state index contributed by atoms with van der Waals surface area (Å²) in [5.41, 5.74) is 1.75. The van der Waals surface area contributed by atoms with Gasteiger partial charge < -0.3 is 14.8 Å². The summed E-state index contributed by atoms with van der Waals surface area (Å²) < 4.78 is 5.26. The van der Waals surface area contributed by atoms with Crippen LogP contribution in [-0.2, 0) is 9.59 Å². The fourth-order valence-corrected chi connectivity index (χ4v) is 3.13. The van der Waals surface area contributed by atoms with Gasteiger partial charge in [-0.1, -0.05) is 12.1 Å². The number of hydrogen-bond acceptors (Lipinski definition) is 6. The molecule has 150 valence electrons. The lowest BCUT2D eigenvalue weighted by molar-refractivity contribution is -0.127. The first kappa shape index (κ1) is 19.1. The number of rotatable bonds is 5. The van der Waals surface area contributed by atoms with Gasteiger partial charge in [0.25, 0.3) is 5.91 Å². The number of nitrogens with zero attached hydrogens (tertiary/aromatic N) is 3. The number of oxazole rings is 1. The molecule has 1 atom stereocenters. The van der Waals surface area contributed by atoms with Crippen molar-refractivity contribution >= 4 is 34.9 Å². The lowest BCUT2D eigenvalue weighted by atomic mass is 10.0. The lowest BCUT2D eigenvalue weighted by Gasteiger charge is -2.15. The van der Waals surface area contributed by atoms with Crippen LogP contribution in [0.25, 0.3) is 11.5 Å². The Morgan fingerprint density at radius 3 is 2.70 bits per heavy atom. The first-order valence-electron chi connectivity index (χ1n) is 8.97. The van der Waals surface area contributed by atoms with E-state index in [1.54, 1.807) is 37.3 Å². The van der Waals surface area contributed by atoms with Gasteiger partial charge in [0.1, 0.15) is 6.26 Å². The summed E-state index contributed by atoms with van der Waals surface area (Å²) >= 11 is 0. The average Bonchev–Trinajstić information content (AvgIpc) is 3.36. The van der Waals surface area contributed by atoms with Gasteiger partial charge in [-0.2, -0.15) is 10.1 Å². The summed E-state index contributed by atoms with van der Waals surface area (Å²) in [6, 6.07) is 12.7. The van der Waals surface area contributed by atoms with E-state index in [9.17, 15) is 14.4 Å². The van der Waals surface area contributed by atoms with Crippen molar-refractivity contribution in [1.29, 1.82) is 0 Å². The van der Waals surface area contributed by atoms with Crippen molar-refractivity contribution in [2.75, 3.05) is 10.3 Å². The zero-order chi connectivity index (χ0) is 21.3. The number of anilines is 2. The van der Waals surface area contributed by atoms with E-state index in [-0.39, 0.29) is 11.3 Å². The molecule has 1 aliphatic rings. The van der Waals surface area contributed by atoms with Crippen molar-refractivity contribution in [2.24, 2.45) is 11.0 Å². The fourth-order valence-electron chi connectivity index (χ4n) is 3.13. The Hall–Kier alpha value is -4.27. The molecular weight excluding hydrogens is 388 g/mol. The van der Waals surface area contributed by atoms with Crippen molar-refractivity contribution in [2.45, 2.75) is 6.92 Å². The summed E-state index contributed by atoms with van der Waals surface area (Å²) in [7, 11) is 0. The Balaban J connectivity index is 1.54. The molecule has 9 nitrogen and oxygen atoms in total. The quantitative estimate of drug-likeness (QED) is 0.630. The summed E-state index contributed by atoms with van der Waals surface area (Å²) in [5.74, 6) is -2.93. The molecule has 2 N–H and O–H groups in total. The predicted octanol–water partition coefficient (Wildman–Crippen LogP) is 3.02. The molecule has 3 aromatic rings. The minimum absolute atomic E-state index is 0.0180. The SMILES string of the molecule is CC1=NN(c2cccc(C(=O)O)c2)C(=O)C1C(=O)Nc1cccc(-c2ncco2)c1. The monoisotopic (exact) mass is 404 g/mol. The van der Waals surface area contributed by atoms with Crippen LogP contribution >= 0.6 is 0 Å². The van der Waals surface area contributed by atoms with Gasteiger partial charge in [0.05, 0.1) is 23.2 Å². The summed E-state index contributed by atoms with van der Waals surface area (Å²) in [4.78, 5) is 40.9. The fraction of sp³-hybridized carbons (Fsp3) is 0.0952. The number of carbonyl (C=O) groups excluding carboxylic acids is 2. The van der Waals surface area contributed by atoms with Gasteiger partial charge in [0, 0.05) is 11.3 Å². The standard InChI is InChI=1S/C21H16N4O5/c1-12-17(20(27)25(24-12)16-7-3-5-14(11-16)21(28)29)18(26)23-15-6-2-4-13(10-15)19-22-8-9-30-19/h2-11,17H,1H3,(H,23,26)(H,28,29). The van der Waals surface area contributed by atoms with Crippen LogP contribution in [0.3, 0.4) is 0 Å². The smallest absolute Gasteiger partial charge is 0.335 e. The van der Waals surface area contributed by atoms with Crippen molar-refractivity contribution in [1.82, 2.24) is 4.98 Å². The highest BCUT2D eigenvalue weighted by atomic mass is 16.4. The summed E-state index contributed by atoms with van der Waals surface area (Å²) in [6.45, 7) is 1.58. The Morgan fingerprint density at radius 1 is 1.17 bits per heavy atom. The highest BCUT2D eigenvalue weighted by Crippen LogP contribution is 2.27. The average molecular weight is 404 g/mol. The molecule has 0 radical (unpaired) electrons. The Morgan fingerprint density at radius 2 is 1.97 bits per heavy atom. The molecule has 1 unspecified atom stereocenters. The number of aromatic nitrogens is 1. The summed E-state index contributed by atoms with van der Waals surface area (Å²) in [6.07, 6.45) is 2.97. The van der Waals surface area contributed by atoms with Crippen LogP contribution in [0.5, 0.6) is 0 Å². The zero-order valence-electron chi connectivity index (χ0n) is 15.8. The summed E-state index contributed by atoms with van der Waals surface area (Å²) in [5, 5.41) is 17.1. The predicted molar refractivity (Wildman–Crippen MR) is 108 cm³/mol. The molecule has 0 fully saturated rings. The number of nitrogens with one attached hydrogen (secondary N) is 1. The van der Waals surface area contributed by atoms with Gasteiger partial charge in [-0.25, -0.2) is 9.78 Å². The number of carboxylic acids is 1. The third-order valence-electron chi connectivity index (χ3n) is 4.54. The molecule has 2 heterocycles. The molecule has 4 rings (SSSR count). The third-order valence-corrected chi connectivity index (χ3v) is 4.54. The molecule has 1 aromatic heterocycles. The highest BCUT2D eigenvalue weighted by Gasteiger charge is 2.40. The molecule has 0 saturated carbocycles. The largest absolute Gasteiger partial charge is 0.478 e. The van der Waals surface area contributed by atoms with E-state index < -0.39 is 23.7 Å². The van der Waals surface area contributed by atoms with Gasteiger partial charge >= 0.3 is 5.97 Å². The minimum Gasteiger partial charge on any atom is -0.478 e. The second kappa shape index (κ2) is 7.63. The molecule has 1 aliphatic heterocycles. The molecule has 30 heavy (non-hydrogen) atoms. The van der Waals surface area contributed by atoms with Crippen LogP contribution in [0, 0.1) is 5.92 Å². The van der Waals surface area contributed by atoms with E-state index >= 15 is 0 Å². The Bertz CT molecular complexity index is 1170. The number of carboxylic acid groups (broad SMARTS) is 1. The van der Waals surface area contributed by atoms with Crippen LogP contribution in [0.2, 0.25) is 0 Å². The lowest BCUT2D eigenvalue weighted by Crippen LogP contribution is -2.36. The molecule has 2 aromatic carbocycles. The highest BCUT2D eigenvalue weighted by molar-refractivity contribution is 6.28. The van der Waals surface area contributed by atoms with Gasteiger partial charge in [-0.05, 0) is 43.3 Å². The van der Waals surface area contributed by atoms with Crippen molar-refractivity contribution in [3.8, 4) is 11.5 Å². The van der Waals surface area contributed by atoms with E-state index in [0.29, 0.717) is 22.9 Å². The molecule has 2 amide bonds. The topological polar surface area (TPSA) is 125 Å². The van der Waals surface area contributed by atoms with Gasteiger partial charge in [0.15, 0.2) is 5.92 Å². The second-order valence-corrected chi connectivity index (χ2v) is 6.59. The van der Waals surface area contributed by atoms with Crippen LogP contribution in [0.4, 0.5) is 11.4 Å². The van der Waals surface area contributed by atoms with Crippen LogP contribution in [0.15, 0.2) is 70.5 Å². The maximum Gasteiger partial charge on any atom is 0.335 e. The molecule has 0 aliphatic carbocycles. The number of hydrogen-bond donors (Lipinski definition) is 2. The number of carbonyl (C=O) groups is 3. The van der Waals surface area contributed by atoms with Crippen molar-refractivity contribution in [3.05, 3.63) is 66.6 Å². The molecule has 0 saturated heterocycles.